The fourth-order valence-electron chi connectivity index (χ4n) is 4.36. The van der Waals surface area contributed by atoms with Gasteiger partial charge in [0, 0.05) is 31.1 Å². The highest BCUT2D eigenvalue weighted by Gasteiger charge is 2.38. The molecule has 0 fully saturated rings. The van der Waals surface area contributed by atoms with Crippen molar-refractivity contribution in [2.24, 2.45) is 0 Å². The topological polar surface area (TPSA) is 90.0 Å². The molecule has 0 saturated carbocycles. The van der Waals surface area contributed by atoms with Gasteiger partial charge in [0.25, 0.3) is 5.91 Å². The lowest BCUT2D eigenvalue weighted by Crippen LogP contribution is -2.31. The number of amides is 2. The highest BCUT2D eigenvalue weighted by Crippen LogP contribution is 2.41. The maximum Gasteiger partial charge on any atom is 0.303 e. The van der Waals surface area contributed by atoms with E-state index in [-0.39, 0.29) is 17.7 Å². The zero-order valence-electron chi connectivity index (χ0n) is 20.9. The van der Waals surface area contributed by atoms with Crippen LogP contribution in [0.5, 0.6) is 0 Å². The molecule has 0 radical (unpaired) electrons. The molecule has 1 aliphatic heterocycles. The number of carboxylic acids is 1. The summed E-state index contributed by atoms with van der Waals surface area (Å²) in [7, 11) is 3.98. The second kappa shape index (κ2) is 10.8. The summed E-state index contributed by atoms with van der Waals surface area (Å²) in [6, 6.07) is 19.0. The van der Waals surface area contributed by atoms with Crippen LogP contribution >= 0.6 is 0 Å². The average molecular weight is 502 g/mol. The lowest BCUT2D eigenvalue weighted by molar-refractivity contribution is -0.137. The Hall–Kier alpha value is -4.30. The standard InChI is InChI=1S/C29H28FN3O4/c1-18(34)33-25-16-22(30)11-14-24(25)27(29(33)37)28(21-9-4-19(5-10-21)8-15-26(35)36)31-23-12-6-20(7-13-23)17-32(2)3/h4-7,9-14,16,31H,8,15,17H2,1-3H3,(H,35,36)/b28-27-. The Morgan fingerprint density at radius 3 is 2.22 bits per heavy atom. The first-order valence-corrected chi connectivity index (χ1v) is 11.8. The van der Waals surface area contributed by atoms with Crippen molar-refractivity contribution in [1.82, 2.24) is 4.90 Å². The van der Waals surface area contributed by atoms with E-state index in [1.54, 1.807) is 12.1 Å². The summed E-state index contributed by atoms with van der Waals surface area (Å²) in [5.41, 5.74) is 4.72. The maximum atomic E-state index is 14.1. The maximum absolute atomic E-state index is 14.1. The molecular formula is C29H28FN3O4. The van der Waals surface area contributed by atoms with Crippen molar-refractivity contribution < 1.29 is 23.9 Å². The number of nitrogens with zero attached hydrogens (tertiary/aromatic N) is 2. The van der Waals surface area contributed by atoms with Gasteiger partial charge < -0.3 is 15.3 Å². The molecule has 0 spiro atoms. The largest absolute Gasteiger partial charge is 0.481 e. The predicted molar refractivity (Wildman–Crippen MR) is 141 cm³/mol. The minimum absolute atomic E-state index is 0.00976. The van der Waals surface area contributed by atoms with E-state index in [4.69, 9.17) is 5.11 Å². The third kappa shape index (κ3) is 5.76. The van der Waals surface area contributed by atoms with Gasteiger partial charge in [-0.05, 0) is 67.5 Å². The van der Waals surface area contributed by atoms with Crippen molar-refractivity contribution in [3.8, 4) is 0 Å². The molecule has 37 heavy (non-hydrogen) atoms. The number of halogens is 1. The van der Waals surface area contributed by atoms with Crippen molar-refractivity contribution >= 4 is 40.4 Å². The molecule has 1 heterocycles. The summed E-state index contributed by atoms with van der Waals surface area (Å²) in [5.74, 6) is -2.48. The molecule has 0 aliphatic carbocycles. The smallest absolute Gasteiger partial charge is 0.303 e. The van der Waals surface area contributed by atoms with Crippen LogP contribution in [-0.4, -0.2) is 41.9 Å². The van der Waals surface area contributed by atoms with E-state index in [1.807, 2.05) is 50.5 Å². The third-order valence-corrected chi connectivity index (χ3v) is 6.04. The van der Waals surface area contributed by atoms with Crippen molar-refractivity contribution in [2.75, 3.05) is 24.3 Å². The molecule has 0 atom stereocenters. The van der Waals surface area contributed by atoms with Crippen LogP contribution in [0, 0.1) is 5.82 Å². The number of rotatable bonds is 8. The van der Waals surface area contributed by atoms with E-state index in [0.717, 1.165) is 28.3 Å². The molecule has 0 bridgehead atoms. The van der Waals surface area contributed by atoms with E-state index in [9.17, 15) is 18.8 Å². The Balaban J connectivity index is 1.82. The molecule has 0 aromatic heterocycles. The molecule has 8 heteroatoms. The number of carbonyl (C=O) groups is 3. The number of benzene rings is 3. The molecule has 3 aromatic carbocycles. The molecule has 0 unspecified atom stereocenters. The number of carbonyl (C=O) groups excluding carboxylic acids is 2. The van der Waals surface area contributed by atoms with Gasteiger partial charge in [-0.25, -0.2) is 9.29 Å². The minimum Gasteiger partial charge on any atom is -0.481 e. The summed E-state index contributed by atoms with van der Waals surface area (Å²) in [6.45, 7) is 2.04. The van der Waals surface area contributed by atoms with Gasteiger partial charge in [0.1, 0.15) is 5.82 Å². The molecular weight excluding hydrogens is 473 g/mol. The second-order valence-electron chi connectivity index (χ2n) is 9.22. The average Bonchev–Trinajstić information content (AvgIpc) is 3.13. The molecule has 4 rings (SSSR count). The van der Waals surface area contributed by atoms with Gasteiger partial charge >= 0.3 is 5.97 Å². The van der Waals surface area contributed by atoms with E-state index in [1.165, 1.54) is 25.1 Å². The van der Waals surface area contributed by atoms with Crippen LogP contribution in [0.25, 0.3) is 11.3 Å². The zero-order chi connectivity index (χ0) is 26.7. The molecule has 0 saturated heterocycles. The Morgan fingerprint density at radius 1 is 0.973 bits per heavy atom. The first-order chi connectivity index (χ1) is 17.6. The minimum atomic E-state index is -0.879. The predicted octanol–water partition coefficient (Wildman–Crippen LogP) is 4.78. The van der Waals surface area contributed by atoms with Crippen LogP contribution in [0.1, 0.15) is 35.6 Å². The van der Waals surface area contributed by atoms with Crippen LogP contribution in [0.15, 0.2) is 66.7 Å². The van der Waals surface area contributed by atoms with Gasteiger partial charge in [0.15, 0.2) is 0 Å². The van der Waals surface area contributed by atoms with Gasteiger partial charge in [0.2, 0.25) is 5.91 Å². The molecule has 3 aromatic rings. The van der Waals surface area contributed by atoms with Crippen LogP contribution in [-0.2, 0) is 27.3 Å². The van der Waals surface area contributed by atoms with Crippen LogP contribution in [0.2, 0.25) is 0 Å². The van der Waals surface area contributed by atoms with E-state index in [0.29, 0.717) is 23.2 Å². The molecule has 2 N–H and O–H groups in total. The SMILES string of the molecule is CC(=O)N1C(=O)/C(=C(\Nc2ccc(CN(C)C)cc2)c2ccc(CCC(=O)O)cc2)c2ccc(F)cc21. The fraction of sp³-hybridized carbons (Fsp3) is 0.207. The van der Waals surface area contributed by atoms with Crippen molar-refractivity contribution in [3.63, 3.8) is 0 Å². The van der Waals surface area contributed by atoms with Gasteiger partial charge in [-0.1, -0.05) is 36.4 Å². The number of aryl methyl sites for hydroxylation is 1. The van der Waals surface area contributed by atoms with Gasteiger partial charge in [0.05, 0.1) is 17.0 Å². The Kier molecular flexibility index (Phi) is 7.50. The second-order valence-corrected chi connectivity index (χ2v) is 9.22. The Labute approximate surface area is 214 Å². The lowest BCUT2D eigenvalue weighted by atomic mass is 9.98. The zero-order valence-corrected chi connectivity index (χ0v) is 20.9. The number of aliphatic carboxylic acids is 1. The number of anilines is 2. The number of hydrogen-bond acceptors (Lipinski definition) is 5. The van der Waals surface area contributed by atoms with Crippen molar-refractivity contribution in [2.45, 2.75) is 26.3 Å². The highest BCUT2D eigenvalue weighted by atomic mass is 19.1. The fourth-order valence-corrected chi connectivity index (χ4v) is 4.36. The summed E-state index contributed by atoms with van der Waals surface area (Å²) < 4.78 is 14.1. The summed E-state index contributed by atoms with van der Waals surface area (Å²) in [5, 5.41) is 12.3. The van der Waals surface area contributed by atoms with Gasteiger partial charge in [-0.3, -0.25) is 14.4 Å². The lowest BCUT2D eigenvalue weighted by Gasteiger charge is -2.17. The summed E-state index contributed by atoms with van der Waals surface area (Å²) in [4.78, 5) is 39.9. The van der Waals surface area contributed by atoms with Gasteiger partial charge in [-0.2, -0.15) is 0 Å². The normalized spacial score (nSPS) is 14.1. The van der Waals surface area contributed by atoms with E-state index in [2.05, 4.69) is 10.2 Å². The van der Waals surface area contributed by atoms with Crippen LogP contribution in [0.3, 0.4) is 0 Å². The summed E-state index contributed by atoms with van der Waals surface area (Å²) >= 11 is 0. The number of hydrogen-bond donors (Lipinski definition) is 2. The van der Waals surface area contributed by atoms with Crippen molar-refractivity contribution in [3.05, 3.63) is 94.8 Å². The van der Waals surface area contributed by atoms with Crippen LogP contribution in [0.4, 0.5) is 15.8 Å². The third-order valence-electron chi connectivity index (χ3n) is 6.04. The molecule has 1 aliphatic rings. The van der Waals surface area contributed by atoms with Crippen LogP contribution < -0.4 is 10.2 Å². The first kappa shape index (κ1) is 25.8. The number of nitrogens with one attached hydrogen (secondary N) is 1. The molecule has 7 nitrogen and oxygen atoms in total. The van der Waals surface area contributed by atoms with E-state index < -0.39 is 23.6 Å². The van der Waals surface area contributed by atoms with E-state index >= 15 is 0 Å². The first-order valence-electron chi connectivity index (χ1n) is 11.8. The van der Waals surface area contributed by atoms with Crippen molar-refractivity contribution in [1.29, 1.82) is 0 Å². The quantitative estimate of drug-likeness (QED) is 0.432. The number of carboxylic acid groups (broad SMARTS) is 1. The Morgan fingerprint density at radius 2 is 1.62 bits per heavy atom. The Bertz CT molecular complexity index is 1380. The van der Waals surface area contributed by atoms with Gasteiger partial charge in [-0.15, -0.1) is 0 Å². The monoisotopic (exact) mass is 501 g/mol. The summed E-state index contributed by atoms with van der Waals surface area (Å²) in [6.07, 6.45) is 0.386. The number of imide groups is 1. The molecule has 190 valence electrons. The molecule has 2 amide bonds. The number of fused-ring (bicyclic) bond motifs is 1. The highest BCUT2D eigenvalue weighted by molar-refractivity contribution is 6.43.